The van der Waals surface area contributed by atoms with Crippen LogP contribution in [-0.4, -0.2) is 25.0 Å². The van der Waals surface area contributed by atoms with E-state index in [1.54, 1.807) is 4.90 Å². The zero-order chi connectivity index (χ0) is 18.9. The summed E-state index contributed by atoms with van der Waals surface area (Å²) in [6.07, 6.45) is 5.88. The van der Waals surface area contributed by atoms with Gasteiger partial charge in [0, 0.05) is 6.07 Å². The molecule has 1 fully saturated rings. The third kappa shape index (κ3) is 5.58. The van der Waals surface area contributed by atoms with Crippen molar-refractivity contribution in [2.24, 2.45) is 0 Å². The van der Waals surface area contributed by atoms with E-state index in [1.807, 2.05) is 54.6 Å². The summed E-state index contributed by atoms with van der Waals surface area (Å²) in [5, 5.41) is 7.04. The topological polar surface area (TPSA) is 62.6 Å². The number of rotatable bonds is 10. The molecule has 0 aromatic heterocycles. The number of carbonyl (C=O) groups is 1. The standard InChI is InChI=1S/C22H26N2O3/c23-14-7-2-1-6-12-21-16-24(22(25)27-21)19-11-8-13-20(15-19)26-17-18-9-4-3-5-10-18/h3-5,8-11,13-15,21,23H,1-2,6-7,12,16-17H2. The van der Waals surface area contributed by atoms with Gasteiger partial charge in [-0.1, -0.05) is 42.8 Å². The zero-order valence-corrected chi connectivity index (χ0v) is 15.5. The maximum absolute atomic E-state index is 12.2. The summed E-state index contributed by atoms with van der Waals surface area (Å²) in [6.45, 7) is 1.07. The van der Waals surface area contributed by atoms with Gasteiger partial charge < -0.3 is 14.9 Å². The van der Waals surface area contributed by atoms with Gasteiger partial charge in [-0.25, -0.2) is 4.79 Å². The Morgan fingerprint density at radius 2 is 1.96 bits per heavy atom. The first-order valence-corrected chi connectivity index (χ1v) is 9.50. The van der Waals surface area contributed by atoms with Gasteiger partial charge in [-0.2, -0.15) is 0 Å². The first kappa shape index (κ1) is 19.0. The van der Waals surface area contributed by atoms with E-state index in [1.165, 1.54) is 6.21 Å². The summed E-state index contributed by atoms with van der Waals surface area (Å²) in [7, 11) is 0. The van der Waals surface area contributed by atoms with E-state index in [0.717, 1.165) is 49.1 Å². The lowest BCUT2D eigenvalue weighted by Gasteiger charge is -2.15. The smallest absolute Gasteiger partial charge is 0.414 e. The van der Waals surface area contributed by atoms with Crippen LogP contribution in [0.3, 0.4) is 0 Å². The number of benzene rings is 2. The molecule has 1 aliphatic heterocycles. The third-order valence-corrected chi connectivity index (χ3v) is 4.63. The number of cyclic esters (lactones) is 1. The second-order valence-corrected chi connectivity index (χ2v) is 6.73. The highest BCUT2D eigenvalue weighted by Crippen LogP contribution is 2.27. The van der Waals surface area contributed by atoms with Gasteiger partial charge in [0.25, 0.3) is 0 Å². The molecular formula is C22H26N2O3. The van der Waals surface area contributed by atoms with Crippen molar-refractivity contribution in [2.75, 3.05) is 11.4 Å². The molecule has 1 saturated heterocycles. The molecule has 2 aromatic rings. The summed E-state index contributed by atoms with van der Waals surface area (Å²) in [6, 6.07) is 17.6. The molecule has 0 bridgehead atoms. The minimum atomic E-state index is -0.292. The van der Waals surface area contributed by atoms with Gasteiger partial charge in [-0.3, -0.25) is 4.90 Å². The Morgan fingerprint density at radius 1 is 1.11 bits per heavy atom. The van der Waals surface area contributed by atoms with Crippen LogP contribution in [0.25, 0.3) is 0 Å². The average molecular weight is 366 g/mol. The Balaban J connectivity index is 1.53. The first-order chi connectivity index (χ1) is 13.3. The third-order valence-electron chi connectivity index (χ3n) is 4.63. The molecule has 3 rings (SSSR count). The van der Waals surface area contributed by atoms with Crippen LogP contribution in [0.2, 0.25) is 0 Å². The highest BCUT2D eigenvalue weighted by Gasteiger charge is 2.31. The molecule has 0 spiro atoms. The molecule has 1 unspecified atom stereocenters. The van der Waals surface area contributed by atoms with Crippen molar-refractivity contribution in [2.45, 2.75) is 44.8 Å². The number of carbonyl (C=O) groups excluding carboxylic acids is 1. The first-order valence-electron chi connectivity index (χ1n) is 9.50. The van der Waals surface area contributed by atoms with E-state index in [0.29, 0.717) is 13.2 Å². The molecule has 5 heteroatoms. The molecule has 2 aromatic carbocycles. The van der Waals surface area contributed by atoms with Crippen molar-refractivity contribution in [3.05, 3.63) is 60.2 Å². The predicted molar refractivity (Wildman–Crippen MR) is 107 cm³/mol. The van der Waals surface area contributed by atoms with Crippen LogP contribution in [0.4, 0.5) is 10.5 Å². The lowest BCUT2D eigenvalue weighted by molar-refractivity contribution is 0.135. The monoisotopic (exact) mass is 366 g/mol. The molecule has 0 aliphatic carbocycles. The molecule has 0 radical (unpaired) electrons. The number of hydrogen-bond acceptors (Lipinski definition) is 4. The molecule has 1 atom stereocenters. The Hall–Kier alpha value is -2.82. The number of nitrogens with zero attached hydrogens (tertiary/aromatic N) is 1. The summed E-state index contributed by atoms with van der Waals surface area (Å²) < 4.78 is 11.4. The van der Waals surface area contributed by atoms with Gasteiger partial charge in [0.1, 0.15) is 18.5 Å². The minimum absolute atomic E-state index is 0.0635. The molecule has 142 valence electrons. The largest absolute Gasteiger partial charge is 0.489 e. The highest BCUT2D eigenvalue weighted by atomic mass is 16.6. The quantitative estimate of drug-likeness (QED) is 0.465. The van der Waals surface area contributed by atoms with E-state index < -0.39 is 0 Å². The van der Waals surface area contributed by atoms with E-state index in [-0.39, 0.29) is 12.2 Å². The molecular weight excluding hydrogens is 340 g/mol. The molecule has 1 amide bonds. The van der Waals surface area contributed by atoms with Crippen molar-refractivity contribution in [1.82, 2.24) is 0 Å². The SMILES string of the molecule is N=CCCCCCC1CN(c2cccc(OCc3ccccc3)c2)C(=O)O1. The Kier molecular flexibility index (Phi) is 6.85. The highest BCUT2D eigenvalue weighted by molar-refractivity contribution is 5.89. The average Bonchev–Trinajstić information content (AvgIpc) is 3.08. The second kappa shape index (κ2) is 9.76. The van der Waals surface area contributed by atoms with E-state index in [2.05, 4.69) is 0 Å². The number of amides is 1. The number of unbranched alkanes of at least 4 members (excludes halogenated alkanes) is 3. The van der Waals surface area contributed by atoms with Crippen molar-refractivity contribution < 1.29 is 14.3 Å². The van der Waals surface area contributed by atoms with Crippen molar-refractivity contribution in [1.29, 1.82) is 5.41 Å². The fraction of sp³-hybridized carbons (Fsp3) is 0.364. The molecule has 5 nitrogen and oxygen atoms in total. The van der Waals surface area contributed by atoms with Gasteiger partial charge in [0.2, 0.25) is 0 Å². The number of hydrogen-bond donors (Lipinski definition) is 1. The summed E-state index contributed by atoms with van der Waals surface area (Å²) in [5.74, 6) is 0.735. The van der Waals surface area contributed by atoms with Gasteiger partial charge in [-0.15, -0.1) is 0 Å². The van der Waals surface area contributed by atoms with Gasteiger partial charge in [0.15, 0.2) is 0 Å². The fourth-order valence-corrected chi connectivity index (χ4v) is 3.16. The fourth-order valence-electron chi connectivity index (χ4n) is 3.16. The van der Waals surface area contributed by atoms with Crippen LogP contribution in [0.5, 0.6) is 5.75 Å². The maximum Gasteiger partial charge on any atom is 0.414 e. The van der Waals surface area contributed by atoms with Crippen LogP contribution < -0.4 is 9.64 Å². The molecule has 27 heavy (non-hydrogen) atoms. The maximum atomic E-state index is 12.2. The summed E-state index contributed by atoms with van der Waals surface area (Å²) >= 11 is 0. The Bertz CT molecular complexity index is 748. The normalized spacial score (nSPS) is 16.2. The number of nitrogens with one attached hydrogen (secondary N) is 1. The molecule has 0 saturated carbocycles. The predicted octanol–water partition coefficient (Wildman–Crippen LogP) is 5.19. The van der Waals surface area contributed by atoms with Gasteiger partial charge in [-0.05, 0) is 49.6 Å². The number of anilines is 1. The van der Waals surface area contributed by atoms with E-state index >= 15 is 0 Å². The van der Waals surface area contributed by atoms with Gasteiger partial charge in [0.05, 0.1) is 12.2 Å². The van der Waals surface area contributed by atoms with E-state index in [4.69, 9.17) is 14.9 Å². The van der Waals surface area contributed by atoms with Crippen molar-refractivity contribution >= 4 is 18.0 Å². The van der Waals surface area contributed by atoms with Crippen LogP contribution in [-0.2, 0) is 11.3 Å². The van der Waals surface area contributed by atoms with Crippen LogP contribution >= 0.6 is 0 Å². The number of ether oxygens (including phenoxy) is 2. The summed E-state index contributed by atoms with van der Waals surface area (Å²) in [5.41, 5.74) is 1.91. The van der Waals surface area contributed by atoms with Gasteiger partial charge >= 0.3 is 6.09 Å². The second-order valence-electron chi connectivity index (χ2n) is 6.73. The van der Waals surface area contributed by atoms with E-state index in [9.17, 15) is 4.79 Å². The van der Waals surface area contributed by atoms with Crippen LogP contribution in [0.1, 0.15) is 37.7 Å². The van der Waals surface area contributed by atoms with Crippen LogP contribution in [0, 0.1) is 5.41 Å². The molecule has 1 heterocycles. The molecule has 1 N–H and O–H groups in total. The van der Waals surface area contributed by atoms with Crippen molar-refractivity contribution in [3.63, 3.8) is 0 Å². The lowest BCUT2D eigenvalue weighted by Crippen LogP contribution is -2.24. The lowest BCUT2D eigenvalue weighted by atomic mass is 10.1. The summed E-state index contributed by atoms with van der Waals surface area (Å²) in [4.78, 5) is 13.9. The Labute approximate surface area is 160 Å². The van der Waals surface area contributed by atoms with Crippen molar-refractivity contribution in [3.8, 4) is 5.75 Å². The minimum Gasteiger partial charge on any atom is -0.489 e. The Morgan fingerprint density at radius 3 is 2.78 bits per heavy atom. The van der Waals surface area contributed by atoms with Crippen LogP contribution in [0.15, 0.2) is 54.6 Å². The zero-order valence-electron chi connectivity index (χ0n) is 15.5. The molecule has 1 aliphatic rings.